The first-order chi connectivity index (χ1) is 11.6. The van der Waals surface area contributed by atoms with Crippen molar-refractivity contribution < 1.29 is 45.6 Å². The fourth-order valence-corrected chi connectivity index (χ4v) is 1.90. The normalized spacial score (nSPS) is 22.5. The fraction of sp³-hybridized carbons (Fsp3) is 0.353. The maximum Gasteiger partial charge on any atom is 0.522 e. The van der Waals surface area contributed by atoms with Gasteiger partial charge in [0.05, 0.1) is 0 Å². The van der Waals surface area contributed by atoms with Crippen molar-refractivity contribution in [1.29, 1.82) is 0 Å². The van der Waals surface area contributed by atoms with Crippen LogP contribution in [0.3, 0.4) is 0 Å². The van der Waals surface area contributed by atoms with Gasteiger partial charge in [0.2, 0.25) is 0 Å². The minimum atomic E-state index is -5.84. The molecule has 0 unspecified atom stereocenters. The van der Waals surface area contributed by atoms with Crippen molar-refractivity contribution in [2.45, 2.75) is 40.1 Å². The van der Waals surface area contributed by atoms with Crippen LogP contribution in [0, 0.1) is 67.4 Å². The molecule has 0 amide bonds. The van der Waals surface area contributed by atoms with Gasteiger partial charge in [-0.1, -0.05) is 34.6 Å². The minimum Gasteiger partial charge on any atom is -0.323 e. The number of nitrogens with two attached hydrogens (primary N) is 2. The van der Waals surface area contributed by atoms with E-state index in [9.17, 15) is 13.2 Å². The Hall–Kier alpha value is 0.243. The van der Waals surface area contributed by atoms with Gasteiger partial charge in [-0.3, -0.25) is 4.55 Å². The van der Waals surface area contributed by atoms with Crippen LogP contribution in [0.15, 0.2) is 0 Å². The van der Waals surface area contributed by atoms with Gasteiger partial charge >= 0.3 is 15.6 Å². The van der Waals surface area contributed by atoms with Crippen molar-refractivity contribution in [3.05, 3.63) is 67.4 Å². The zero-order valence-corrected chi connectivity index (χ0v) is 18.2. The summed E-state index contributed by atoms with van der Waals surface area (Å²) in [6.45, 7) is 11.0. The van der Waals surface area contributed by atoms with Crippen LogP contribution in [0.25, 0.3) is 0 Å². The Bertz CT molecular complexity index is 457. The molecule has 0 aliphatic heterocycles. The predicted octanol–water partition coefficient (Wildman–Crippen LogP) is 3.16. The molecule has 0 aromatic rings. The predicted molar refractivity (Wildman–Crippen MR) is 94.2 cm³/mol. The summed E-state index contributed by atoms with van der Waals surface area (Å²) in [6, 6.07) is 1.50. The van der Waals surface area contributed by atoms with Crippen molar-refractivity contribution in [3.8, 4) is 0 Å². The summed E-state index contributed by atoms with van der Waals surface area (Å²) >= 11 is 0. The van der Waals surface area contributed by atoms with Gasteiger partial charge in [-0.25, -0.2) is 0 Å². The van der Waals surface area contributed by atoms with E-state index < -0.39 is 15.6 Å². The fourth-order valence-electron chi connectivity index (χ4n) is 1.90. The second kappa shape index (κ2) is 12.1. The standard InChI is InChI=1S/C10H15.C6H8N2.CHF3O3S.Ru/c1-6-7(2)9(4)10(5)8(6)3;7-5-1-2-6(8)4-3-5;2-1(3,4)8(5,6)7;/h1-5H3;1-4H,7-8H2;(H,5,6,7);. The van der Waals surface area contributed by atoms with Crippen LogP contribution in [0.1, 0.15) is 34.6 Å². The van der Waals surface area contributed by atoms with Gasteiger partial charge in [-0.15, -0.1) is 0 Å². The minimum absolute atomic E-state index is 0. The molecule has 0 saturated heterocycles. The van der Waals surface area contributed by atoms with Gasteiger partial charge in [0.15, 0.2) is 0 Å². The Morgan fingerprint density at radius 3 is 1.00 bits per heavy atom. The molecule has 2 saturated carbocycles. The Balaban J connectivity index is 0. The zero-order chi connectivity index (χ0) is 20.9. The Labute approximate surface area is 174 Å². The van der Waals surface area contributed by atoms with Crippen molar-refractivity contribution in [3.63, 3.8) is 0 Å². The van der Waals surface area contributed by atoms with Crippen molar-refractivity contribution in [2.75, 3.05) is 0 Å². The molecule has 2 aliphatic carbocycles. The molecule has 0 atom stereocenters. The first-order valence-corrected chi connectivity index (χ1v) is 8.88. The Morgan fingerprint density at radius 1 is 0.741 bits per heavy atom. The van der Waals surface area contributed by atoms with Crippen LogP contribution in [-0.2, 0) is 29.6 Å². The van der Waals surface area contributed by atoms with E-state index in [1.807, 2.05) is 0 Å². The SMILES string of the molecule is C[C]1[C](C)[C](C)[C](C)[C]1C.N[C]1[CH][CH][C](N)[CH][CH]1.O=S(=O)(O)C(F)(F)F.[Ru]. The van der Waals surface area contributed by atoms with Crippen LogP contribution in [-0.4, -0.2) is 18.5 Å². The average molecular weight is 495 g/mol. The van der Waals surface area contributed by atoms with E-state index in [2.05, 4.69) is 34.6 Å². The number of alkyl halides is 3. The number of halogens is 3. The molecule has 11 radical (unpaired) electrons. The van der Waals surface area contributed by atoms with Crippen LogP contribution in [0.4, 0.5) is 13.2 Å². The van der Waals surface area contributed by atoms with Crippen LogP contribution < -0.4 is 11.5 Å². The van der Waals surface area contributed by atoms with E-state index in [-0.39, 0.29) is 19.5 Å². The van der Waals surface area contributed by atoms with Gasteiger partial charge in [0, 0.05) is 31.6 Å². The molecule has 0 spiro atoms. The second-order valence-corrected chi connectivity index (χ2v) is 7.13. The van der Waals surface area contributed by atoms with Crippen LogP contribution >= 0.6 is 0 Å². The summed E-state index contributed by atoms with van der Waals surface area (Å²) in [5.41, 5.74) is 5.21. The van der Waals surface area contributed by atoms with E-state index in [1.54, 1.807) is 25.7 Å². The third-order valence-electron chi connectivity index (χ3n) is 4.04. The maximum atomic E-state index is 10.7. The van der Waals surface area contributed by atoms with Crippen molar-refractivity contribution in [2.24, 2.45) is 11.5 Å². The molecular weight excluding hydrogens is 470 g/mol. The molecule has 0 aromatic heterocycles. The number of hydrogen-bond acceptors (Lipinski definition) is 4. The largest absolute Gasteiger partial charge is 0.522 e. The smallest absolute Gasteiger partial charge is 0.323 e. The summed E-state index contributed by atoms with van der Waals surface area (Å²) in [5.74, 6) is 7.34. The topological polar surface area (TPSA) is 106 Å². The second-order valence-electron chi connectivity index (χ2n) is 5.71. The van der Waals surface area contributed by atoms with Crippen LogP contribution in [0.5, 0.6) is 0 Å². The zero-order valence-electron chi connectivity index (χ0n) is 15.6. The molecule has 27 heavy (non-hydrogen) atoms. The number of rotatable bonds is 0. The van der Waals surface area contributed by atoms with Crippen molar-refractivity contribution >= 4 is 10.1 Å². The van der Waals surface area contributed by atoms with Crippen molar-refractivity contribution in [1.82, 2.24) is 0 Å². The Kier molecular flexibility index (Phi) is 13.1. The first kappa shape index (κ1) is 29.4. The maximum absolute atomic E-state index is 10.7. The van der Waals surface area contributed by atoms with Gasteiger partial charge in [0.1, 0.15) is 0 Å². The summed E-state index contributed by atoms with van der Waals surface area (Å²) in [5, 5.41) is 0. The summed E-state index contributed by atoms with van der Waals surface area (Å²) in [4.78, 5) is 0. The molecule has 0 heterocycles. The van der Waals surface area contributed by atoms with E-state index in [0.717, 1.165) is 12.1 Å². The van der Waals surface area contributed by atoms with E-state index in [1.165, 1.54) is 29.6 Å². The van der Waals surface area contributed by atoms with E-state index in [0.29, 0.717) is 0 Å². The molecule has 10 heteroatoms. The summed E-state index contributed by atoms with van der Waals surface area (Å²) in [7, 11) is -5.84. The third-order valence-corrected chi connectivity index (χ3v) is 4.63. The van der Waals surface area contributed by atoms with Crippen LogP contribution in [0.2, 0.25) is 0 Å². The molecule has 0 aromatic carbocycles. The molecule has 0 bridgehead atoms. The molecular formula is C17H24F3N2O3RuS. The number of hydrogen-bond donors (Lipinski definition) is 3. The molecule has 5 N–H and O–H groups in total. The molecule has 5 nitrogen and oxygen atoms in total. The molecule has 2 rings (SSSR count). The van der Waals surface area contributed by atoms with E-state index >= 15 is 0 Å². The monoisotopic (exact) mass is 495 g/mol. The summed E-state index contributed by atoms with van der Waals surface area (Å²) in [6.07, 6.45) is 7.09. The first-order valence-electron chi connectivity index (χ1n) is 7.44. The molecule has 2 fully saturated rings. The van der Waals surface area contributed by atoms with Gasteiger partial charge in [0.25, 0.3) is 0 Å². The van der Waals surface area contributed by atoms with Gasteiger partial charge in [-0.2, -0.15) is 21.6 Å². The Morgan fingerprint density at radius 2 is 0.889 bits per heavy atom. The average Bonchev–Trinajstić information content (AvgIpc) is 2.68. The quantitative estimate of drug-likeness (QED) is 0.273. The third kappa shape index (κ3) is 10.0. The van der Waals surface area contributed by atoms with Gasteiger partial charge < -0.3 is 11.5 Å². The molecule has 2 aliphatic rings. The molecule has 155 valence electrons. The summed E-state index contributed by atoms with van der Waals surface area (Å²) < 4.78 is 57.5. The van der Waals surface area contributed by atoms with E-state index in [4.69, 9.17) is 24.4 Å². The van der Waals surface area contributed by atoms with Gasteiger partial charge in [-0.05, 0) is 55.3 Å².